The van der Waals surface area contributed by atoms with Crippen LogP contribution >= 0.6 is 11.8 Å². The normalized spacial score (nSPS) is 10.5. The van der Waals surface area contributed by atoms with Crippen LogP contribution in [-0.2, 0) is 5.75 Å². The molecular formula is C18H16N2O2S. The Kier molecular flexibility index (Phi) is 4.78. The highest BCUT2D eigenvalue weighted by Crippen LogP contribution is 2.25. The Labute approximate surface area is 138 Å². The number of anilines is 1. The number of rotatable bonds is 5. The monoisotopic (exact) mass is 324 g/mol. The lowest BCUT2D eigenvalue weighted by molar-refractivity contribution is 0.0995. The molecule has 23 heavy (non-hydrogen) atoms. The van der Waals surface area contributed by atoms with Crippen molar-refractivity contribution < 1.29 is 9.21 Å². The molecule has 0 aliphatic heterocycles. The van der Waals surface area contributed by atoms with E-state index < -0.39 is 0 Å². The van der Waals surface area contributed by atoms with Gasteiger partial charge < -0.3 is 9.73 Å². The van der Waals surface area contributed by atoms with Gasteiger partial charge in [-0.2, -0.15) is 0 Å². The molecule has 3 rings (SSSR count). The predicted molar refractivity (Wildman–Crippen MR) is 91.6 cm³/mol. The highest BCUT2D eigenvalue weighted by molar-refractivity contribution is 7.98. The number of nitrogens with zero attached hydrogens (tertiary/aromatic N) is 1. The Morgan fingerprint density at radius 3 is 2.83 bits per heavy atom. The summed E-state index contributed by atoms with van der Waals surface area (Å²) in [6.45, 7) is 1.95. The smallest absolute Gasteiger partial charge is 0.292 e. The second kappa shape index (κ2) is 7.15. The van der Waals surface area contributed by atoms with E-state index in [4.69, 9.17) is 4.42 Å². The highest BCUT2D eigenvalue weighted by Gasteiger charge is 2.16. The number of carbonyl (C=O) groups excluding carboxylic acids is 1. The molecule has 0 radical (unpaired) electrons. The molecule has 0 aliphatic carbocycles. The molecule has 0 aliphatic rings. The van der Waals surface area contributed by atoms with E-state index in [0.29, 0.717) is 17.3 Å². The van der Waals surface area contributed by atoms with Crippen LogP contribution in [0.3, 0.4) is 0 Å². The fourth-order valence-electron chi connectivity index (χ4n) is 2.10. The number of aromatic nitrogens is 1. The summed E-state index contributed by atoms with van der Waals surface area (Å²) in [4.78, 5) is 17.7. The molecule has 0 spiro atoms. The summed E-state index contributed by atoms with van der Waals surface area (Å²) in [6.07, 6.45) is 3.21. The van der Waals surface area contributed by atoms with E-state index in [1.54, 1.807) is 24.2 Å². The maximum Gasteiger partial charge on any atom is 0.292 e. The fraction of sp³-hybridized carbons (Fsp3) is 0.111. The molecule has 0 unspecified atom stereocenters. The van der Waals surface area contributed by atoms with Crippen molar-refractivity contribution in [2.45, 2.75) is 17.6 Å². The molecule has 0 fully saturated rings. The number of benzene rings is 1. The number of furan rings is 1. The lowest BCUT2D eigenvalue weighted by Gasteiger charge is -2.05. The van der Waals surface area contributed by atoms with Gasteiger partial charge in [-0.25, -0.2) is 4.98 Å². The molecular weight excluding hydrogens is 308 g/mol. The van der Waals surface area contributed by atoms with Gasteiger partial charge in [-0.05, 0) is 42.8 Å². The number of amides is 1. The average molecular weight is 324 g/mol. The van der Waals surface area contributed by atoms with Crippen LogP contribution in [0.2, 0.25) is 0 Å². The van der Waals surface area contributed by atoms with E-state index in [1.165, 1.54) is 0 Å². The molecule has 2 aromatic heterocycles. The van der Waals surface area contributed by atoms with Gasteiger partial charge in [0.05, 0.1) is 6.26 Å². The van der Waals surface area contributed by atoms with Gasteiger partial charge in [-0.1, -0.05) is 18.2 Å². The summed E-state index contributed by atoms with van der Waals surface area (Å²) < 4.78 is 5.36. The minimum absolute atomic E-state index is 0.281. The summed E-state index contributed by atoms with van der Waals surface area (Å²) in [5, 5.41) is 2.77. The summed E-state index contributed by atoms with van der Waals surface area (Å²) >= 11 is 1.66. The molecule has 0 bridgehead atoms. The first-order valence-electron chi connectivity index (χ1n) is 7.20. The van der Waals surface area contributed by atoms with E-state index in [0.717, 1.165) is 16.0 Å². The van der Waals surface area contributed by atoms with Crippen molar-refractivity contribution in [2.24, 2.45) is 0 Å². The van der Waals surface area contributed by atoms with Crippen molar-refractivity contribution >= 4 is 23.5 Å². The first-order valence-corrected chi connectivity index (χ1v) is 8.19. The SMILES string of the molecule is Cc1ccnc(NC(=O)c2occc2CSc2ccccc2)c1. The van der Waals surface area contributed by atoms with E-state index in [2.05, 4.69) is 10.3 Å². The van der Waals surface area contributed by atoms with Gasteiger partial charge >= 0.3 is 0 Å². The van der Waals surface area contributed by atoms with Crippen LogP contribution in [0.1, 0.15) is 21.7 Å². The quantitative estimate of drug-likeness (QED) is 0.701. The third-order valence-corrected chi connectivity index (χ3v) is 4.31. The zero-order valence-electron chi connectivity index (χ0n) is 12.7. The summed E-state index contributed by atoms with van der Waals surface area (Å²) in [6, 6.07) is 15.6. The molecule has 2 heterocycles. The number of aryl methyl sites for hydroxylation is 1. The molecule has 3 aromatic rings. The minimum Gasteiger partial charge on any atom is -0.459 e. The molecule has 0 saturated heterocycles. The Morgan fingerprint density at radius 2 is 2.04 bits per heavy atom. The Balaban J connectivity index is 1.69. The first kappa shape index (κ1) is 15.4. The van der Waals surface area contributed by atoms with Crippen molar-refractivity contribution in [3.63, 3.8) is 0 Å². The van der Waals surface area contributed by atoms with Crippen LogP contribution in [0.5, 0.6) is 0 Å². The van der Waals surface area contributed by atoms with E-state index >= 15 is 0 Å². The largest absolute Gasteiger partial charge is 0.459 e. The van der Waals surface area contributed by atoms with Crippen LogP contribution in [0, 0.1) is 6.92 Å². The first-order chi connectivity index (χ1) is 11.2. The van der Waals surface area contributed by atoms with Crippen molar-refractivity contribution in [3.8, 4) is 0 Å². The second-order valence-corrected chi connectivity index (χ2v) is 6.10. The molecule has 1 N–H and O–H groups in total. The van der Waals surface area contributed by atoms with E-state index in [1.807, 2.05) is 55.5 Å². The molecule has 1 amide bonds. The number of carbonyl (C=O) groups is 1. The van der Waals surface area contributed by atoms with Crippen molar-refractivity contribution in [1.82, 2.24) is 4.98 Å². The number of hydrogen-bond donors (Lipinski definition) is 1. The van der Waals surface area contributed by atoms with Crippen LogP contribution in [0.4, 0.5) is 5.82 Å². The Hall–Kier alpha value is -2.53. The zero-order chi connectivity index (χ0) is 16.1. The molecule has 1 aromatic carbocycles. The van der Waals surface area contributed by atoms with Crippen LogP contribution in [-0.4, -0.2) is 10.9 Å². The van der Waals surface area contributed by atoms with Crippen LogP contribution < -0.4 is 5.32 Å². The van der Waals surface area contributed by atoms with Gasteiger partial charge in [0.1, 0.15) is 5.82 Å². The van der Waals surface area contributed by atoms with Crippen LogP contribution in [0.15, 0.2) is 70.3 Å². The van der Waals surface area contributed by atoms with Crippen LogP contribution in [0.25, 0.3) is 0 Å². The number of hydrogen-bond acceptors (Lipinski definition) is 4. The van der Waals surface area contributed by atoms with Gasteiger partial charge in [-0.15, -0.1) is 11.8 Å². The van der Waals surface area contributed by atoms with Gasteiger partial charge in [0, 0.05) is 22.4 Å². The Bertz CT molecular complexity index is 800. The summed E-state index contributed by atoms with van der Waals surface area (Å²) in [5.74, 6) is 1.24. The maximum atomic E-state index is 12.4. The predicted octanol–water partition coefficient (Wildman–Crippen LogP) is 4.53. The lowest BCUT2D eigenvalue weighted by atomic mass is 10.2. The highest BCUT2D eigenvalue weighted by atomic mass is 32.2. The van der Waals surface area contributed by atoms with Gasteiger partial charge in [-0.3, -0.25) is 4.79 Å². The van der Waals surface area contributed by atoms with E-state index in [9.17, 15) is 4.79 Å². The number of nitrogens with one attached hydrogen (secondary N) is 1. The van der Waals surface area contributed by atoms with Gasteiger partial charge in [0.25, 0.3) is 5.91 Å². The number of pyridine rings is 1. The maximum absolute atomic E-state index is 12.4. The molecule has 116 valence electrons. The number of thioether (sulfide) groups is 1. The van der Waals surface area contributed by atoms with E-state index in [-0.39, 0.29) is 5.91 Å². The van der Waals surface area contributed by atoms with Gasteiger partial charge in [0.2, 0.25) is 0 Å². The zero-order valence-corrected chi connectivity index (χ0v) is 13.5. The molecule has 5 heteroatoms. The third kappa shape index (κ3) is 4.02. The fourth-order valence-corrected chi connectivity index (χ4v) is 3.00. The summed E-state index contributed by atoms with van der Waals surface area (Å²) in [7, 11) is 0. The second-order valence-electron chi connectivity index (χ2n) is 5.05. The standard InChI is InChI=1S/C18H16N2O2S/c1-13-7-9-19-16(11-13)20-18(21)17-14(8-10-22-17)12-23-15-5-3-2-4-6-15/h2-11H,12H2,1H3,(H,19,20,21). The Morgan fingerprint density at radius 1 is 1.22 bits per heavy atom. The topological polar surface area (TPSA) is 55.1 Å². The van der Waals surface area contributed by atoms with Crippen molar-refractivity contribution in [1.29, 1.82) is 0 Å². The molecule has 0 saturated carbocycles. The minimum atomic E-state index is -0.281. The average Bonchev–Trinajstić information content (AvgIpc) is 3.02. The summed E-state index contributed by atoms with van der Waals surface area (Å²) in [5.41, 5.74) is 1.90. The molecule has 4 nitrogen and oxygen atoms in total. The van der Waals surface area contributed by atoms with Gasteiger partial charge in [0.15, 0.2) is 5.76 Å². The van der Waals surface area contributed by atoms with Crippen molar-refractivity contribution in [2.75, 3.05) is 5.32 Å². The third-order valence-electron chi connectivity index (χ3n) is 3.25. The molecule has 0 atom stereocenters. The lowest BCUT2D eigenvalue weighted by Crippen LogP contribution is -2.13. The van der Waals surface area contributed by atoms with Crippen molar-refractivity contribution in [3.05, 3.63) is 77.9 Å².